The van der Waals surface area contributed by atoms with E-state index < -0.39 is 24.0 Å². The van der Waals surface area contributed by atoms with Crippen molar-refractivity contribution in [2.45, 2.75) is 76.9 Å². The summed E-state index contributed by atoms with van der Waals surface area (Å²) in [6.45, 7) is 5.93. The van der Waals surface area contributed by atoms with Crippen molar-refractivity contribution in [2.75, 3.05) is 34.3 Å². The third-order valence-corrected chi connectivity index (χ3v) is 11.5. The number of benzene rings is 3. The van der Waals surface area contributed by atoms with E-state index in [2.05, 4.69) is 33.5 Å². The molecule has 4 atom stereocenters. The number of fused-ring (bicyclic) bond motifs is 1. The number of carbonyl (C=O) groups is 4. The molecule has 7 rings (SSSR count). The van der Waals surface area contributed by atoms with Crippen molar-refractivity contribution in [2.24, 2.45) is 0 Å². The average molecular weight is 825 g/mol. The lowest BCUT2D eigenvalue weighted by Crippen LogP contribution is -2.45. The number of ketones is 1. The van der Waals surface area contributed by atoms with Gasteiger partial charge in [-0.3, -0.25) is 14.5 Å². The molecule has 13 heteroatoms. The molecule has 3 heterocycles. The van der Waals surface area contributed by atoms with Gasteiger partial charge in [0.1, 0.15) is 12.3 Å². The smallest absolute Gasteiger partial charge is 0.409 e. The minimum atomic E-state index is -1.01. The van der Waals surface area contributed by atoms with Gasteiger partial charge in [-0.25, -0.2) is 19.6 Å². The molecular formula is C48H54N7O6+. The zero-order valence-electron chi connectivity index (χ0n) is 35.7. The van der Waals surface area contributed by atoms with Crippen molar-refractivity contribution in [3.05, 3.63) is 119 Å². The van der Waals surface area contributed by atoms with Gasteiger partial charge in [0.05, 0.1) is 30.9 Å². The number of Topliss-reactive ketones (excluding diaryl/α,β-unsaturated/α-hetero) is 1. The summed E-state index contributed by atoms with van der Waals surface area (Å²) in [6.07, 6.45) is 13.4. The number of hydrogen-bond donors (Lipinski definition) is 2. The van der Waals surface area contributed by atoms with Crippen molar-refractivity contribution in [1.29, 1.82) is 0 Å². The maximum absolute atomic E-state index is 14.0. The van der Waals surface area contributed by atoms with Crippen molar-refractivity contribution in [3.8, 4) is 22.8 Å². The Morgan fingerprint density at radius 3 is 2.52 bits per heavy atom. The second-order valence-corrected chi connectivity index (χ2v) is 16.0. The van der Waals surface area contributed by atoms with Gasteiger partial charge in [-0.05, 0) is 86.8 Å². The Morgan fingerprint density at radius 1 is 1.02 bits per heavy atom. The highest BCUT2D eigenvalue weighted by Crippen LogP contribution is 2.33. The largest absolute Gasteiger partial charge is 0.453 e. The van der Waals surface area contributed by atoms with Crippen molar-refractivity contribution in [3.63, 3.8) is 0 Å². The summed E-state index contributed by atoms with van der Waals surface area (Å²) in [5.74, 6) is 0.655. The Balaban J connectivity index is 1.07. The summed E-state index contributed by atoms with van der Waals surface area (Å²) in [6, 6.07) is 19.0. The number of methoxy groups -OCH3 is 1. The summed E-state index contributed by atoms with van der Waals surface area (Å²) in [5.41, 5.74) is 6.46. The number of aromatic nitrogens is 3. The van der Waals surface area contributed by atoms with E-state index >= 15 is 0 Å². The van der Waals surface area contributed by atoms with Gasteiger partial charge >= 0.3 is 12.0 Å². The Morgan fingerprint density at radius 2 is 1.80 bits per heavy atom. The predicted molar refractivity (Wildman–Crippen MR) is 234 cm³/mol. The number of carbonyl (C=O) groups excluding carboxylic acids is 4. The molecule has 316 valence electrons. The molecule has 0 saturated heterocycles. The standard InChI is InChI=1S/C48H53N7O6/c1-7-24-54(46(57)42(52-48(59)60-6)32-15-10-8-11-16-32)29-40(56)31(3)36-26-34(21-20-30(36)2)41-28-49-45(61-41)35-22-23-37-38(27-35)51-44(50-37)39-19-14-25-55(39)47(58)43(53(4)5)33-17-12-9-13-18-33/h8,10-12,15-18,20-23,25-28,31,39,42-43H,7,9,13-14,19,24,29H2,1-6H3,(H-,49,50,51,52,59)/p+1. The molecule has 0 spiro atoms. The average Bonchev–Trinajstić information content (AvgIpc) is 4.06. The zero-order valence-corrected chi connectivity index (χ0v) is 35.7. The SMILES string of the molecule is CCCN(CC(=O)C(C)c1cc(-c2cnc(-c3ccc4nc(C5CCC=[N+]5C(=O)C(C5=CCCC=C5)N(C)C)[nH]c4c3)o2)ccc1C)C(=O)C(NC(=O)OC)c1ccccc1. The Bertz CT molecular complexity index is 2520. The Kier molecular flexibility index (Phi) is 13.2. The van der Waals surface area contributed by atoms with Crippen LogP contribution in [0.4, 0.5) is 4.79 Å². The topological polar surface area (TPSA) is 154 Å². The molecule has 2 aliphatic rings. The molecule has 0 fully saturated rings. The molecule has 61 heavy (non-hydrogen) atoms. The quantitative estimate of drug-likeness (QED) is 0.101. The van der Waals surface area contributed by atoms with Crippen LogP contribution in [0.3, 0.4) is 0 Å². The molecule has 13 nitrogen and oxygen atoms in total. The fraction of sp³-hybridized carbons (Fsp3) is 0.354. The first-order valence-electron chi connectivity index (χ1n) is 20.9. The molecule has 1 aliphatic heterocycles. The number of ether oxygens (including phenoxy) is 1. The van der Waals surface area contributed by atoms with Crippen LogP contribution in [0.1, 0.15) is 86.5 Å². The van der Waals surface area contributed by atoms with Crippen LogP contribution in [0, 0.1) is 6.92 Å². The van der Waals surface area contributed by atoms with Crippen LogP contribution < -0.4 is 5.32 Å². The Labute approximate surface area is 356 Å². The van der Waals surface area contributed by atoms with E-state index in [9.17, 15) is 19.2 Å². The maximum Gasteiger partial charge on any atom is 0.409 e. The monoisotopic (exact) mass is 824 g/mol. The highest BCUT2D eigenvalue weighted by Gasteiger charge is 2.42. The van der Waals surface area contributed by atoms with Crippen LogP contribution in [0.5, 0.6) is 0 Å². The normalized spacial score (nSPS) is 16.5. The molecule has 5 aromatic rings. The van der Waals surface area contributed by atoms with E-state index in [1.54, 1.807) is 30.5 Å². The minimum absolute atomic E-state index is 0.0346. The highest BCUT2D eigenvalue weighted by molar-refractivity contribution is 5.94. The van der Waals surface area contributed by atoms with E-state index in [1.165, 1.54) is 12.0 Å². The summed E-state index contributed by atoms with van der Waals surface area (Å²) in [5, 5.41) is 2.64. The zero-order chi connectivity index (χ0) is 43.2. The van der Waals surface area contributed by atoms with Gasteiger partial charge in [0.2, 0.25) is 17.8 Å². The van der Waals surface area contributed by atoms with Gasteiger partial charge in [0.25, 0.3) is 0 Å². The van der Waals surface area contributed by atoms with Gasteiger partial charge in [0.15, 0.2) is 23.4 Å². The summed E-state index contributed by atoms with van der Waals surface area (Å²) in [7, 11) is 5.13. The number of nitrogens with one attached hydrogen (secondary N) is 2. The lowest BCUT2D eigenvalue weighted by molar-refractivity contribution is -0.486. The maximum atomic E-state index is 14.0. The fourth-order valence-electron chi connectivity index (χ4n) is 8.24. The number of nitrogens with zero attached hydrogens (tertiary/aromatic N) is 5. The highest BCUT2D eigenvalue weighted by atomic mass is 16.5. The van der Waals surface area contributed by atoms with Gasteiger partial charge in [0, 0.05) is 36.4 Å². The first-order chi connectivity index (χ1) is 29.5. The molecule has 0 radical (unpaired) electrons. The van der Waals surface area contributed by atoms with Gasteiger partial charge < -0.3 is 24.4 Å². The lowest BCUT2D eigenvalue weighted by Gasteiger charge is -2.28. The number of amides is 3. The van der Waals surface area contributed by atoms with E-state index in [-0.39, 0.29) is 30.3 Å². The number of alkyl carbamates (subject to hydrolysis) is 1. The summed E-state index contributed by atoms with van der Waals surface area (Å²) < 4.78 is 13.0. The third kappa shape index (κ3) is 9.31. The number of aryl methyl sites for hydroxylation is 1. The van der Waals surface area contributed by atoms with E-state index in [0.717, 1.165) is 70.4 Å². The number of hydrogen-bond acceptors (Lipinski definition) is 9. The van der Waals surface area contributed by atoms with Gasteiger partial charge in [-0.1, -0.05) is 74.5 Å². The molecule has 3 aromatic carbocycles. The van der Waals surface area contributed by atoms with Crippen LogP contribution in [-0.4, -0.2) is 99.6 Å². The second kappa shape index (κ2) is 18.8. The number of oxazole rings is 1. The first kappa shape index (κ1) is 42.6. The van der Waals surface area contributed by atoms with Gasteiger partial charge in [-0.15, -0.1) is 0 Å². The third-order valence-electron chi connectivity index (χ3n) is 11.5. The van der Waals surface area contributed by atoms with Crippen LogP contribution in [0.25, 0.3) is 33.8 Å². The van der Waals surface area contributed by atoms with Crippen molar-refractivity contribution < 1.29 is 32.9 Å². The van der Waals surface area contributed by atoms with E-state index in [0.29, 0.717) is 30.2 Å². The fourth-order valence-corrected chi connectivity index (χ4v) is 8.24. The first-order valence-corrected chi connectivity index (χ1v) is 20.9. The molecule has 4 unspecified atom stereocenters. The molecule has 0 saturated carbocycles. The molecule has 1 aliphatic carbocycles. The number of allylic oxidation sites excluding steroid dienone is 2. The van der Waals surface area contributed by atoms with Crippen LogP contribution >= 0.6 is 0 Å². The van der Waals surface area contributed by atoms with Crippen LogP contribution in [0.2, 0.25) is 0 Å². The molecule has 2 N–H and O–H groups in total. The number of aromatic amines is 1. The number of likely N-dealkylation sites (N-methyl/N-ethyl adjacent to an activating group) is 1. The van der Waals surface area contributed by atoms with E-state index in [4.69, 9.17) is 14.1 Å². The van der Waals surface area contributed by atoms with E-state index in [1.807, 2.05) is 93.0 Å². The minimum Gasteiger partial charge on any atom is -0.453 e. The lowest BCUT2D eigenvalue weighted by atomic mass is 9.90. The second-order valence-electron chi connectivity index (χ2n) is 16.0. The molecule has 0 bridgehead atoms. The number of rotatable bonds is 15. The number of imidazole rings is 1. The van der Waals surface area contributed by atoms with Crippen LogP contribution in [0.15, 0.2) is 101 Å². The van der Waals surface area contributed by atoms with Crippen molar-refractivity contribution >= 4 is 40.9 Å². The number of H-pyrrole nitrogens is 1. The predicted octanol–water partition coefficient (Wildman–Crippen LogP) is 7.85. The summed E-state index contributed by atoms with van der Waals surface area (Å²) >= 11 is 0. The Hall–Kier alpha value is -6.47. The summed E-state index contributed by atoms with van der Waals surface area (Å²) in [4.78, 5) is 70.7. The molecular weight excluding hydrogens is 771 g/mol. The molecule has 2 aromatic heterocycles. The van der Waals surface area contributed by atoms with Crippen molar-refractivity contribution in [1.82, 2.24) is 30.1 Å². The molecule has 3 amide bonds. The van der Waals surface area contributed by atoms with Gasteiger partial charge in [-0.2, -0.15) is 4.58 Å². The van der Waals surface area contributed by atoms with Crippen LogP contribution in [-0.2, 0) is 19.1 Å².